The maximum absolute atomic E-state index is 14.5. The smallest absolute Gasteiger partial charge is 0.160 e. The van der Waals surface area contributed by atoms with Crippen LogP contribution in [-0.2, 0) is 6.54 Å². The lowest BCUT2D eigenvalue weighted by atomic mass is 10.1. The molecule has 19 heavy (non-hydrogen) atoms. The third-order valence-electron chi connectivity index (χ3n) is 4.02. The SMILES string of the molecule is CCC1CCCCCN1c1ccc(CN)c(Br)c1F. The fourth-order valence-corrected chi connectivity index (χ4v) is 3.37. The first kappa shape index (κ1) is 14.8. The minimum absolute atomic E-state index is 0.164. The van der Waals surface area contributed by atoms with Crippen LogP contribution < -0.4 is 10.6 Å². The van der Waals surface area contributed by atoms with E-state index in [-0.39, 0.29) is 5.82 Å². The van der Waals surface area contributed by atoms with Crippen LogP contribution in [0.4, 0.5) is 10.1 Å². The van der Waals surface area contributed by atoms with Gasteiger partial charge in [0.25, 0.3) is 0 Å². The molecule has 1 unspecified atom stereocenters. The van der Waals surface area contributed by atoms with Crippen molar-refractivity contribution in [2.75, 3.05) is 11.4 Å². The molecular weight excluding hydrogens is 307 g/mol. The van der Waals surface area contributed by atoms with Crippen LogP contribution in [0.25, 0.3) is 0 Å². The van der Waals surface area contributed by atoms with E-state index < -0.39 is 0 Å². The molecule has 1 heterocycles. The third-order valence-corrected chi connectivity index (χ3v) is 4.88. The summed E-state index contributed by atoms with van der Waals surface area (Å²) in [6.07, 6.45) is 5.86. The van der Waals surface area contributed by atoms with Gasteiger partial charge in [-0.15, -0.1) is 0 Å². The van der Waals surface area contributed by atoms with Gasteiger partial charge in [0, 0.05) is 19.1 Å². The van der Waals surface area contributed by atoms with Gasteiger partial charge < -0.3 is 10.6 Å². The van der Waals surface area contributed by atoms with Crippen molar-refractivity contribution in [3.05, 3.63) is 28.0 Å². The molecule has 0 amide bonds. The number of nitrogens with two attached hydrogens (primary N) is 1. The topological polar surface area (TPSA) is 29.3 Å². The molecular formula is C15H22BrFN2. The Labute approximate surface area is 123 Å². The highest BCUT2D eigenvalue weighted by molar-refractivity contribution is 9.10. The summed E-state index contributed by atoms with van der Waals surface area (Å²) in [6.45, 7) is 3.49. The molecule has 106 valence electrons. The second-order valence-corrected chi connectivity index (χ2v) is 5.97. The van der Waals surface area contributed by atoms with E-state index >= 15 is 0 Å². The van der Waals surface area contributed by atoms with Gasteiger partial charge in [0.15, 0.2) is 5.82 Å². The van der Waals surface area contributed by atoms with Gasteiger partial charge in [0.2, 0.25) is 0 Å². The van der Waals surface area contributed by atoms with Crippen LogP contribution in [0.2, 0.25) is 0 Å². The number of anilines is 1. The largest absolute Gasteiger partial charge is 0.366 e. The van der Waals surface area contributed by atoms with Gasteiger partial charge in [0.05, 0.1) is 10.2 Å². The summed E-state index contributed by atoms with van der Waals surface area (Å²) in [4.78, 5) is 2.24. The summed E-state index contributed by atoms with van der Waals surface area (Å²) in [7, 11) is 0. The lowest BCUT2D eigenvalue weighted by molar-refractivity contribution is 0.538. The van der Waals surface area contributed by atoms with Crippen molar-refractivity contribution < 1.29 is 4.39 Å². The summed E-state index contributed by atoms with van der Waals surface area (Å²) in [6, 6.07) is 4.27. The molecule has 1 aromatic carbocycles. The second-order valence-electron chi connectivity index (χ2n) is 5.18. The monoisotopic (exact) mass is 328 g/mol. The van der Waals surface area contributed by atoms with E-state index in [4.69, 9.17) is 5.73 Å². The molecule has 2 rings (SSSR count). The number of hydrogen-bond acceptors (Lipinski definition) is 2. The first-order valence-corrected chi connectivity index (χ1v) is 7.92. The maximum atomic E-state index is 14.5. The van der Waals surface area contributed by atoms with Crippen LogP contribution in [0.3, 0.4) is 0 Å². The standard InChI is InChI=1S/C15H22BrFN2/c1-2-12-6-4-3-5-9-19(12)13-8-7-11(10-18)14(16)15(13)17/h7-8,12H,2-6,9-10,18H2,1H3. The molecule has 1 aliphatic rings. The molecule has 0 saturated carbocycles. The Balaban J connectivity index is 2.36. The van der Waals surface area contributed by atoms with Gasteiger partial charge in [-0.3, -0.25) is 0 Å². The van der Waals surface area contributed by atoms with Crippen LogP contribution >= 0.6 is 15.9 Å². The van der Waals surface area contributed by atoms with Gasteiger partial charge in [-0.05, 0) is 46.8 Å². The van der Waals surface area contributed by atoms with Crippen molar-refractivity contribution >= 4 is 21.6 Å². The van der Waals surface area contributed by atoms with E-state index in [1.165, 1.54) is 12.8 Å². The summed E-state index contributed by atoms with van der Waals surface area (Å²) in [5, 5.41) is 0. The van der Waals surface area contributed by atoms with Crippen molar-refractivity contribution in [2.45, 2.75) is 51.6 Å². The van der Waals surface area contributed by atoms with E-state index in [1.54, 1.807) is 0 Å². The maximum Gasteiger partial charge on any atom is 0.160 e. The van der Waals surface area contributed by atoms with Crippen LogP contribution in [-0.4, -0.2) is 12.6 Å². The summed E-state index contributed by atoms with van der Waals surface area (Å²) < 4.78 is 15.1. The molecule has 4 heteroatoms. The zero-order valence-electron chi connectivity index (χ0n) is 11.5. The minimum Gasteiger partial charge on any atom is -0.366 e. The highest BCUT2D eigenvalue weighted by Gasteiger charge is 2.23. The Kier molecular flexibility index (Phi) is 5.22. The molecule has 0 aliphatic carbocycles. The molecule has 0 aromatic heterocycles. The Morgan fingerprint density at radius 1 is 1.37 bits per heavy atom. The fraction of sp³-hybridized carbons (Fsp3) is 0.600. The van der Waals surface area contributed by atoms with E-state index in [2.05, 4.69) is 27.8 Å². The quantitative estimate of drug-likeness (QED) is 0.900. The molecule has 2 nitrogen and oxygen atoms in total. The lowest BCUT2D eigenvalue weighted by Gasteiger charge is -2.32. The Hall–Kier alpha value is -0.610. The molecule has 1 fully saturated rings. The number of nitrogens with zero attached hydrogens (tertiary/aromatic N) is 1. The van der Waals surface area contributed by atoms with E-state index in [0.29, 0.717) is 17.1 Å². The molecule has 1 aliphatic heterocycles. The van der Waals surface area contributed by atoms with Crippen LogP contribution in [0, 0.1) is 5.82 Å². The predicted octanol–water partition coefficient (Wildman–Crippen LogP) is 4.21. The number of rotatable bonds is 3. The molecule has 1 aromatic rings. The first-order chi connectivity index (χ1) is 9.19. The molecule has 0 radical (unpaired) electrons. The number of benzene rings is 1. The van der Waals surface area contributed by atoms with Crippen LogP contribution in [0.1, 0.15) is 44.6 Å². The molecule has 2 N–H and O–H groups in total. The average Bonchev–Trinajstić information content (AvgIpc) is 2.67. The minimum atomic E-state index is -0.164. The van der Waals surface area contributed by atoms with Gasteiger partial charge in [-0.25, -0.2) is 4.39 Å². The van der Waals surface area contributed by atoms with Crippen molar-refractivity contribution in [1.29, 1.82) is 0 Å². The average molecular weight is 329 g/mol. The van der Waals surface area contributed by atoms with Crippen molar-refractivity contribution in [2.24, 2.45) is 5.73 Å². The van der Waals surface area contributed by atoms with Crippen LogP contribution in [0.15, 0.2) is 16.6 Å². The van der Waals surface area contributed by atoms with E-state index in [1.807, 2.05) is 12.1 Å². The van der Waals surface area contributed by atoms with Gasteiger partial charge in [-0.2, -0.15) is 0 Å². The highest BCUT2D eigenvalue weighted by atomic mass is 79.9. The zero-order chi connectivity index (χ0) is 13.8. The second kappa shape index (κ2) is 6.71. The van der Waals surface area contributed by atoms with Crippen molar-refractivity contribution in [3.63, 3.8) is 0 Å². The molecule has 0 bridgehead atoms. The van der Waals surface area contributed by atoms with E-state index in [9.17, 15) is 4.39 Å². The Bertz CT molecular complexity index is 436. The first-order valence-electron chi connectivity index (χ1n) is 7.12. The van der Waals surface area contributed by atoms with Gasteiger partial charge in [0.1, 0.15) is 0 Å². The highest BCUT2D eigenvalue weighted by Crippen LogP contribution is 2.33. The molecule has 1 atom stereocenters. The Morgan fingerprint density at radius 2 is 2.16 bits per heavy atom. The van der Waals surface area contributed by atoms with Gasteiger partial charge in [-0.1, -0.05) is 25.8 Å². The Morgan fingerprint density at radius 3 is 2.84 bits per heavy atom. The normalized spacial score (nSPS) is 20.4. The fourth-order valence-electron chi connectivity index (χ4n) is 2.88. The van der Waals surface area contributed by atoms with Crippen LogP contribution in [0.5, 0.6) is 0 Å². The number of halogens is 2. The molecule has 1 saturated heterocycles. The predicted molar refractivity (Wildman–Crippen MR) is 81.9 cm³/mol. The lowest BCUT2D eigenvalue weighted by Crippen LogP contribution is -2.35. The summed E-state index contributed by atoms with van der Waals surface area (Å²) in [5.41, 5.74) is 7.16. The van der Waals surface area contributed by atoms with Crippen molar-refractivity contribution in [3.8, 4) is 0 Å². The third kappa shape index (κ3) is 3.11. The van der Waals surface area contributed by atoms with Crippen molar-refractivity contribution in [1.82, 2.24) is 0 Å². The molecule has 0 spiro atoms. The number of hydrogen-bond donors (Lipinski definition) is 1. The summed E-state index contributed by atoms with van der Waals surface area (Å²) >= 11 is 3.34. The van der Waals surface area contributed by atoms with E-state index in [0.717, 1.165) is 37.1 Å². The van der Waals surface area contributed by atoms with Gasteiger partial charge >= 0.3 is 0 Å². The summed E-state index contributed by atoms with van der Waals surface area (Å²) in [5.74, 6) is -0.164. The zero-order valence-corrected chi connectivity index (χ0v) is 13.0.